The van der Waals surface area contributed by atoms with Gasteiger partial charge in [-0.15, -0.1) is 6.42 Å². The molecule has 0 aliphatic carbocycles. The van der Waals surface area contributed by atoms with Gasteiger partial charge in [-0.25, -0.2) is 0 Å². The summed E-state index contributed by atoms with van der Waals surface area (Å²) in [6, 6.07) is 0. The maximum atomic E-state index is 10.6. The molecule has 0 radical (unpaired) electrons. The van der Waals surface area contributed by atoms with E-state index in [4.69, 9.17) is 6.42 Å². The molecule has 0 aliphatic rings. The van der Waals surface area contributed by atoms with Gasteiger partial charge in [0, 0.05) is 11.8 Å². The first kappa shape index (κ1) is 8.51. The Kier molecular flexibility index (Phi) is 5.34. The summed E-state index contributed by atoms with van der Waals surface area (Å²) in [6.07, 6.45) is 5.38. The fraction of sp³-hybridized carbons (Fsp3) is 0.500. The number of rotatable bonds is 3. The molecule has 0 spiro atoms. The van der Waals surface area contributed by atoms with Crippen molar-refractivity contribution in [1.29, 1.82) is 0 Å². The van der Waals surface area contributed by atoms with Crippen LogP contribution in [0.5, 0.6) is 0 Å². The largest absolute Gasteiger partial charge is 0.345 e. The van der Waals surface area contributed by atoms with Crippen molar-refractivity contribution in [2.75, 3.05) is 11.9 Å². The summed E-state index contributed by atoms with van der Waals surface area (Å²) in [5.74, 6) is 2.30. The second kappa shape index (κ2) is 5.64. The predicted octanol–water partition coefficient (Wildman–Crippen LogP) is 0.521. The third kappa shape index (κ3) is 5.38. The Labute approximate surface area is 63.1 Å². The number of amides is 1. The number of terminal acetylenes is 1. The SMILES string of the molecule is C#CCNC(=O)CCBr. The second-order valence-electron chi connectivity index (χ2n) is 1.42. The molecular formula is C6H8BrNO. The van der Waals surface area contributed by atoms with Gasteiger partial charge in [0.15, 0.2) is 0 Å². The topological polar surface area (TPSA) is 29.1 Å². The second-order valence-corrected chi connectivity index (χ2v) is 2.21. The van der Waals surface area contributed by atoms with E-state index >= 15 is 0 Å². The molecule has 0 fully saturated rings. The highest BCUT2D eigenvalue weighted by atomic mass is 79.9. The Morgan fingerprint density at radius 1 is 1.78 bits per heavy atom. The van der Waals surface area contributed by atoms with Gasteiger partial charge in [-0.1, -0.05) is 21.9 Å². The monoisotopic (exact) mass is 189 g/mol. The molecule has 0 aromatic rings. The molecule has 0 aromatic carbocycles. The first-order chi connectivity index (χ1) is 4.31. The zero-order valence-electron chi connectivity index (χ0n) is 4.98. The molecule has 0 atom stereocenters. The summed E-state index contributed by atoms with van der Waals surface area (Å²) >= 11 is 3.13. The Morgan fingerprint density at radius 3 is 2.89 bits per heavy atom. The van der Waals surface area contributed by atoms with E-state index in [0.717, 1.165) is 0 Å². The maximum absolute atomic E-state index is 10.6. The zero-order valence-corrected chi connectivity index (χ0v) is 6.57. The zero-order chi connectivity index (χ0) is 7.11. The summed E-state index contributed by atoms with van der Waals surface area (Å²) < 4.78 is 0. The van der Waals surface area contributed by atoms with E-state index in [1.165, 1.54) is 0 Å². The number of hydrogen-bond acceptors (Lipinski definition) is 1. The lowest BCUT2D eigenvalue weighted by Gasteiger charge is -1.95. The van der Waals surface area contributed by atoms with Gasteiger partial charge in [0.05, 0.1) is 6.54 Å². The molecule has 0 rings (SSSR count). The van der Waals surface area contributed by atoms with Crippen molar-refractivity contribution in [3.8, 4) is 12.3 Å². The lowest BCUT2D eigenvalue weighted by Crippen LogP contribution is -2.23. The number of alkyl halides is 1. The molecule has 0 saturated carbocycles. The molecule has 0 bridgehead atoms. The van der Waals surface area contributed by atoms with Crippen LogP contribution < -0.4 is 5.32 Å². The third-order valence-electron chi connectivity index (χ3n) is 0.709. The smallest absolute Gasteiger partial charge is 0.221 e. The molecule has 2 nitrogen and oxygen atoms in total. The van der Waals surface area contributed by atoms with Crippen LogP contribution in [0.15, 0.2) is 0 Å². The van der Waals surface area contributed by atoms with E-state index in [2.05, 4.69) is 27.2 Å². The van der Waals surface area contributed by atoms with Gasteiger partial charge in [-0.05, 0) is 0 Å². The van der Waals surface area contributed by atoms with Crippen LogP contribution in [0.3, 0.4) is 0 Å². The summed E-state index contributed by atoms with van der Waals surface area (Å²) in [5.41, 5.74) is 0. The molecule has 1 amide bonds. The minimum atomic E-state index is -0.00942. The normalized spacial score (nSPS) is 8.00. The number of carbonyl (C=O) groups excluding carboxylic acids is 1. The van der Waals surface area contributed by atoms with Gasteiger partial charge >= 0.3 is 0 Å². The van der Waals surface area contributed by atoms with Gasteiger partial charge in [-0.2, -0.15) is 0 Å². The lowest BCUT2D eigenvalue weighted by atomic mass is 10.4. The standard InChI is InChI=1S/C6H8BrNO/c1-2-5-8-6(9)3-4-7/h1H,3-5H2,(H,8,9). The van der Waals surface area contributed by atoms with Crippen molar-refractivity contribution >= 4 is 21.8 Å². The third-order valence-corrected chi connectivity index (χ3v) is 1.11. The van der Waals surface area contributed by atoms with Crippen LogP contribution >= 0.6 is 15.9 Å². The minimum absolute atomic E-state index is 0.00942. The molecule has 1 N–H and O–H groups in total. The van der Waals surface area contributed by atoms with Gasteiger partial charge < -0.3 is 5.32 Å². The molecule has 0 aromatic heterocycles. The Balaban J connectivity index is 3.19. The molecule has 9 heavy (non-hydrogen) atoms. The van der Waals surface area contributed by atoms with Crippen LogP contribution in [0, 0.1) is 12.3 Å². The van der Waals surface area contributed by atoms with Crippen molar-refractivity contribution < 1.29 is 4.79 Å². The first-order valence-electron chi connectivity index (χ1n) is 2.57. The van der Waals surface area contributed by atoms with Crippen molar-refractivity contribution in [2.24, 2.45) is 0 Å². The fourth-order valence-electron chi connectivity index (χ4n) is 0.324. The van der Waals surface area contributed by atoms with Crippen molar-refractivity contribution in [3.63, 3.8) is 0 Å². The molecule has 0 unspecified atom stereocenters. The number of halogens is 1. The van der Waals surface area contributed by atoms with Crippen LogP contribution in [0.25, 0.3) is 0 Å². The van der Waals surface area contributed by atoms with E-state index in [9.17, 15) is 4.79 Å². The Bertz CT molecular complexity index is 128. The molecule has 50 valence electrons. The van der Waals surface area contributed by atoms with Gasteiger partial charge in [-0.3, -0.25) is 4.79 Å². The van der Waals surface area contributed by atoms with Crippen LogP contribution in [-0.4, -0.2) is 17.8 Å². The van der Waals surface area contributed by atoms with E-state index in [1.807, 2.05) is 0 Å². The summed E-state index contributed by atoms with van der Waals surface area (Å²) in [6.45, 7) is 0.325. The van der Waals surface area contributed by atoms with E-state index in [0.29, 0.717) is 18.3 Å². The minimum Gasteiger partial charge on any atom is -0.345 e. The molecule has 0 heterocycles. The Morgan fingerprint density at radius 2 is 2.44 bits per heavy atom. The number of nitrogens with one attached hydrogen (secondary N) is 1. The van der Waals surface area contributed by atoms with E-state index < -0.39 is 0 Å². The lowest BCUT2D eigenvalue weighted by molar-refractivity contribution is -0.120. The molecule has 0 saturated heterocycles. The van der Waals surface area contributed by atoms with Crippen molar-refractivity contribution in [2.45, 2.75) is 6.42 Å². The molecule has 3 heteroatoms. The Hall–Kier alpha value is -0.490. The predicted molar refractivity (Wildman–Crippen MR) is 40.3 cm³/mol. The number of carbonyl (C=O) groups is 1. The quantitative estimate of drug-likeness (QED) is 0.510. The average Bonchev–Trinajstić information content (AvgIpc) is 1.85. The highest BCUT2D eigenvalue weighted by Crippen LogP contribution is 1.85. The maximum Gasteiger partial charge on any atom is 0.221 e. The summed E-state index contributed by atoms with van der Waals surface area (Å²) in [5, 5.41) is 3.21. The summed E-state index contributed by atoms with van der Waals surface area (Å²) in [4.78, 5) is 10.6. The van der Waals surface area contributed by atoms with Crippen LogP contribution in [0.2, 0.25) is 0 Å². The average molecular weight is 190 g/mol. The van der Waals surface area contributed by atoms with Crippen LogP contribution in [-0.2, 0) is 4.79 Å². The summed E-state index contributed by atoms with van der Waals surface area (Å²) in [7, 11) is 0. The molecular weight excluding hydrogens is 182 g/mol. The van der Waals surface area contributed by atoms with Crippen LogP contribution in [0.4, 0.5) is 0 Å². The fourth-order valence-corrected chi connectivity index (χ4v) is 0.684. The highest BCUT2D eigenvalue weighted by Gasteiger charge is 1.94. The van der Waals surface area contributed by atoms with Gasteiger partial charge in [0.25, 0.3) is 0 Å². The first-order valence-corrected chi connectivity index (χ1v) is 3.69. The van der Waals surface area contributed by atoms with Crippen molar-refractivity contribution in [3.05, 3.63) is 0 Å². The molecule has 0 aliphatic heterocycles. The number of hydrogen-bond donors (Lipinski definition) is 1. The van der Waals surface area contributed by atoms with E-state index in [1.54, 1.807) is 0 Å². The van der Waals surface area contributed by atoms with Crippen molar-refractivity contribution in [1.82, 2.24) is 5.32 Å². The van der Waals surface area contributed by atoms with Gasteiger partial charge in [0.1, 0.15) is 0 Å². The van der Waals surface area contributed by atoms with Gasteiger partial charge in [0.2, 0.25) is 5.91 Å². The highest BCUT2D eigenvalue weighted by molar-refractivity contribution is 9.09. The van der Waals surface area contributed by atoms with Crippen LogP contribution in [0.1, 0.15) is 6.42 Å². The van der Waals surface area contributed by atoms with E-state index in [-0.39, 0.29) is 5.91 Å².